The van der Waals surface area contributed by atoms with Crippen LogP contribution in [0.4, 0.5) is 0 Å². The van der Waals surface area contributed by atoms with Gasteiger partial charge < -0.3 is 10.2 Å². The van der Waals surface area contributed by atoms with E-state index in [1.807, 2.05) is 0 Å². The van der Waals surface area contributed by atoms with Gasteiger partial charge in [0.05, 0.1) is 6.10 Å². The van der Waals surface area contributed by atoms with Crippen molar-refractivity contribution in [3.8, 4) is 0 Å². The second-order valence-corrected chi connectivity index (χ2v) is 8.88. The van der Waals surface area contributed by atoms with Crippen LogP contribution in [-0.4, -0.2) is 35.0 Å². The van der Waals surface area contributed by atoms with Crippen LogP contribution in [0, 0.1) is 22.7 Å². The summed E-state index contributed by atoms with van der Waals surface area (Å²) in [5.41, 5.74) is 1.21. The first-order valence-corrected chi connectivity index (χ1v) is 9.22. The van der Waals surface area contributed by atoms with Gasteiger partial charge in [-0.15, -0.1) is 0 Å². The molecule has 2 aliphatic carbocycles. The Bertz CT molecular complexity index is 581. The van der Waals surface area contributed by atoms with Gasteiger partial charge in [-0.1, -0.05) is 33.8 Å². The van der Waals surface area contributed by atoms with Crippen molar-refractivity contribution in [2.45, 2.75) is 71.4 Å². The second-order valence-electron chi connectivity index (χ2n) is 8.88. The smallest absolute Gasteiger partial charge is 0.192 e. The van der Waals surface area contributed by atoms with Crippen LogP contribution in [-0.2, 0) is 14.6 Å². The van der Waals surface area contributed by atoms with E-state index in [0.29, 0.717) is 17.9 Å². The molecule has 0 radical (unpaired) electrons. The van der Waals surface area contributed by atoms with E-state index < -0.39 is 18.5 Å². The first-order chi connectivity index (χ1) is 11.7. The van der Waals surface area contributed by atoms with E-state index in [9.17, 15) is 15.0 Å². The summed E-state index contributed by atoms with van der Waals surface area (Å²) in [7, 11) is 0. The molecule has 6 atom stereocenters. The lowest BCUT2D eigenvalue weighted by atomic mass is 9.46. The van der Waals surface area contributed by atoms with Gasteiger partial charge in [0.15, 0.2) is 6.29 Å². The van der Waals surface area contributed by atoms with Crippen molar-refractivity contribution < 1.29 is 24.8 Å². The maximum Gasteiger partial charge on any atom is 0.192 e. The average molecular weight is 350 g/mol. The molecule has 5 nitrogen and oxygen atoms in total. The Kier molecular flexibility index (Phi) is 4.97. The standard InChI is InChI=1S/C20H30O5/c1-12-14(22)10-16-19(2,3)6-5-7-20(16,4)18(12)15-8-13(11-21)9-17(23)25-24-15/h8,11,14-18,22-23H,1,5-7,9-10H2,2-4H3/t14-,15-,16-,17+,18+,20-/m0/s1. The third-order valence-corrected chi connectivity index (χ3v) is 6.82. The Balaban J connectivity index is 2.02. The predicted molar refractivity (Wildman–Crippen MR) is 93.2 cm³/mol. The quantitative estimate of drug-likeness (QED) is 0.455. The third kappa shape index (κ3) is 3.23. The van der Waals surface area contributed by atoms with E-state index in [4.69, 9.17) is 9.78 Å². The average Bonchev–Trinajstić information content (AvgIpc) is 2.71. The van der Waals surface area contributed by atoms with Gasteiger partial charge in [-0.05, 0) is 53.2 Å². The minimum atomic E-state index is -1.16. The molecule has 3 aliphatic rings. The van der Waals surface area contributed by atoms with E-state index in [2.05, 4.69) is 27.4 Å². The lowest BCUT2D eigenvalue weighted by molar-refractivity contribution is -0.389. The van der Waals surface area contributed by atoms with Crippen molar-refractivity contribution in [1.29, 1.82) is 0 Å². The minimum absolute atomic E-state index is 0.105. The van der Waals surface area contributed by atoms with Crippen LogP contribution in [0.15, 0.2) is 23.8 Å². The van der Waals surface area contributed by atoms with Gasteiger partial charge >= 0.3 is 0 Å². The van der Waals surface area contributed by atoms with Crippen LogP contribution in [0.2, 0.25) is 0 Å². The molecule has 2 saturated carbocycles. The molecule has 5 heteroatoms. The molecule has 3 rings (SSSR count). The lowest BCUT2D eigenvalue weighted by Crippen LogP contribution is -2.55. The van der Waals surface area contributed by atoms with Crippen LogP contribution in [0.25, 0.3) is 0 Å². The van der Waals surface area contributed by atoms with Gasteiger partial charge in [0.1, 0.15) is 12.4 Å². The van der Waals surface area contributed by atoms with Crippen molar-refractivity contribution in [2.24, 2.45) is 22.7 Å². The van der Waals surface area contributed by atoms with Crippen LogP contribution in [0.1, 0.15) is 52.9 Å². The van der Waals surface area contributed by atoms with Crippen LogP contribution >= 0.6 is 0 Å². The van der Waals surface area contributed by atoms with Crippen LogP contribution in [0.3, 0.4) is 0 Å². The first kappa shape index (κ1) is 18.8. The number of hydrogen-bond acceptors (Lipinski definition) is 5. The lowest BCUT2D eigenvalue weighted by Gasteiger charge is -2.59. The highest BCUT2D eigenvalue weighted by atomic mass is 17.2. The van der Waals surface area contributed by atoms with E-state index in [1.54, 1.807) is 6.08 Å². The Morgan fingerprint density at radius 3 is 2.64 bits per heavy atom. The SMILES string of the molecule is C=C1[C@H]([C@@H]2C=C(C=O)C[C@H](O)OO2)[C@@]2(C)CCCC(C)(C)[C@@H]2C[C@@H]1O. The number of carbonyl (C=O) groups is 1. The Labute approximate surface area is 149 Å². The number of hydrogen-bond donors (Lipinski definition) is 2. The maximum absolute atomic E-state index is 11.3. The highest BCUT2D eigenvalue weighted by Gasteiger charge is 2.57. The van der Waals surface area contributed by atoms with E-state index in [1.165, 1.54) is 0 Å². The van der Waals surface area contributed by atoms with Gasteiger partial charge in [0, 0.05) is 12.3 Å². The third-order valence-electron chi connectivity index (χ3n) is 6.82. The fourth-order valence-corrected chi connectivity index (χ4v) is 5.63. The Morgan fingerprint density at radius 1 is 1.24 bits per heavy atom. The predicted octanol–water partition coefficient (Wildman–Crippen LogP) is 2.92. The van der Waals surface area contributed by atoms with Gasteiger partial charge in [0.2, 0.25) is 0 Å². The summed E-state index contributed by atoms with van der Waals surface area (Å²) in [4.78, 5) is 21.9. The van der Waals surface area contributed by atoms with Crippen LogP contribution < -0.4 is 0 Å². The molecular formula is C20H30O5. The van der Waals surface area contributed by atoms with Gasteiger partial charge in [-0.2, -0.15) is 0 Å². The number of aldehydes is 1. The molecule has 0 aromatic rings. The molecule has 0 spiro atoms. The molecule has 140 valence electrons. The van der Waals surface area contributed by atoms with Crippen LogP contribution in [0.5, 0.6) is 0 Å². The molecule has 0 saturated heterocycles. The molecule has 2 fully saturated rings. The van der Waals surface area contributed by atoms with Crippen molar-refractivity contribution in [2.75, 3.05) is 0 Å². The molecule has 25 heavy (non-hydrogen) atoms. The molecule has 1 aliphatic heterocycles. The second kappa shape index (κ2) is 6.62. The zero-order valence-electron chi connectivity index (χ0n) is 15.4. The molecule has 0 aromatic heterocycles. The fourth-order valence-electron chi connectivity index (χ4n) is 5.63. The minimum Gasteiger partial charge on any atom is -0.389 e. The number of aliphatic hydroxyl groups is 2. The maximum atomic E-state index is 11.3. The van der Waals surface area contributed by atoms with Crippen molar-refractivity contribution in [1.82, 2.24) is 0 Å². The molecule has 0 bridgehead atoms. The van der Waals surface area contributed by atoms with Gasteiger partial charge in [-0.3, -0.25) is 4.79 Å². The number of aliphatic hydroxyl groups excluding tert-OH is 2. The molecule has 0 amide bonds. The van der Waals surface area contributed by atoms with Crippen molar-refractivity contribution >= 4 is 6.29 Å². The summed E-state index contributed by atoms with van der Waals surface area (Å²) in [6, 6.07) is 0. The van der Waals surface area contributed by atoms with E-state index in [0.717, 1.165) is 31.1 Å². The summed E-state index contributed by atoms with van der Waals surface area (Å²) >= 11 is 0. The zero-order chi connectivity index (χ0) is 18.4. The fraction of sp³-hybridized carbons (Fsp3) is 0.750. The normalized spacial score (nSPS) is 44.4. The summed E-state index contributed by atoms with van der Waals surface area (Å²) in [6.07, 6.45) is 4.26. The monoisotopic (exact) mass is 350 g/mol. The largest absolute Gasteiger partial charge is 0.389 e. The first-order valence-electron chi connectivity index (χ1n) is 9.22. The molecule has 0 aromatic carbocycles. The van der Waals surface area contributed by atoms with Gasteiger partial charge in [-0.25, -0.2) is 9.78 Å². The number of rotatable bonds is 2. The van der Waals surface area contributed by atoms with E-state index in [-0.39, 0.29) is 23.2 Å². The molecule has 0 unspecified atom stereocenters. The summed E-state index contributed by atoms with van der Waals surface area (Å²) in [6.45, 7) is 11.0. The van der Waals surface area contributed by atoms with Gasteiger partial charge in [0.25, 0.3) is 0 Å². The topological polar surface area (TPSA) is 76.0 Å². The molecule has 1 heterocycles. The summed E-state index contributed by atoms with van der Waals surface area (Å²) in [5, 5.41) is 20.5. The van der Waals surface area contributed by atoms with E-state index >= 15 is 0 Å². The Hall–Kier alpha value is -1.01. The molecule has 2 N–H and O–H groups in total. The number of carbonyl (C=O) groups excluding carboxylic acids is 1. The number of fused-ring (bicyclic) bond motifs is 1. The summed E-state index contributed by atoms with van der Waals surface area (Å²) in [5.74, 6) is 0.158. The summed E-state index contributed by atoms with van der Waals surface area (Å²) < 4.78 is 0. The van der Waals surface area contributed by atoms with Crippen molar-refractivity contribution in [3.05, 3.63) is 23.8 Å². The van der Waals surface area contributed by atoms with Crippen molar-refractivity contribution in [3.63, 3.8) is 0 Å². The highest BCUT2D eigenvalue weighted by Crippen LogP contribution is 2.62. The molecular weight excluding hydrogens is 320 g/mol. The zero-order valence-corrected chi connectivity index (χ0v) is 15.4. The highest BCUT2D eigenvalue weighted by molar-refractivity contribution is 5.73. The Morgan fingerprint density at radius 2 is 1.96 bits per heavy atom.